The number of β-amino-alcohol motifs (C(OH)–C–C–N with tert-alkyl or cyclic N) is 1. The third kappa shape index (κ3) is 4.66. The lowest BCUT2D eigenvalue weighted by molar-refractivity contribution is -0.00607. The summed E-state index contributed by atoms with van der Waals surface area (Å²) in [6, 6.07) is 7.59. The average Bonchev–Trinajstić information content (AvgIpc) is 3.07. The fourth-order valence-electron chi connectivity index (χ4n) is 3.49. The van der Waals surface area contributed by atoms with Gasteiger partial charge in [0, 0.05) is 38.3 Å². The molecule has 0 aromatic heterocycles. The maximum absolute atomic E-state index is 12.5. The Morgan fingerprint density at radius 1 is 1.31 bits per heavy atom. The summed E-state index contributed by atoms with van der Waals surface area (Å²) < 4.78 is 11.1. The van der Waals surface area contributed by atoms with Gasteiger partial charge in [0.2, 0.25) is 0 Å². The van der Waals surface area contributed by atoms with E-state index in [1.54, 1.807) is 4.90 Å². The fourth-order valence-corrected chi connectivity index (χ4v) is 3.49. The van der Waals surface area contributed by atoms with Crippen molar-refractivity contribution in [2.45, 2.75) is 32.0 Å². The molecule has 2 aliphatic rings. The number of hydrogen-bond donors (Lipinski definition) is 2. The van der Waals surface area contributed by atoms with Gasteiger partial charge < -0.3 is 24.8 Å². The summed E-state index contributed by atoms with van der Waals surface area (Å²) in [5.41, 5.74) is 0.957. The smallest absolute Gasteiger partial charge is 0.317 e. The molecule has 2 amide bonds. The van der Waals surface area contributed by atoms with Gasteiger partial charge in [0.05, 0.1) is 32.0 Å². The van der Waals surface area contributed by atoms with Crippen molar-refractivity contribution in [1.29, 1.82) is 0 Å². The van der Waals surface area contributed by atoms with E-state index in [-0.39, 0.29) is 12.1 Å². The van der Waals surface area contributed by atoms with E-state index in [1.807, 2.05) is 24.3 Å². The Morgan fingerprint density at radius 3 is 2.85 bits per heavy atom. The molecule has 144 valence electrons. The Bertz CT molecular complexity index is 592. The first-order valence-electron chi connectivity index (χ1n) is 9.42. The lowest BCUT2D eigenvalue weighted by Crippen LogP contribution is -2.49. The van der Waals surface area contributed by atoms with Gasteiger partial charge in [-0.3, -0.25) is 4.90 Å². The number of nitrogens with zero attached hydrogens (tertiary/aromatic N) is 2. The Labute approximate surface area is 154 Å². The van der Waals surface area contributed by atoms with Gasteiger partial charge >= 0.3 is 6.03 Å². The molecule has 1 aromatic carbocycles. The second-order valence-electron chi connectivity index (χ2n) is 6.80. The highest BCUT2D eigenvalue weighted by molar-refractivity contribution is 5.74. The van der Waals surface area contributed by atoms with Gasteiger partial charge in [-0.1, -0.05) is 25.1 Å². The van der Waals surface area contributed by atoms with Crippen LogP contribution in [0.3, 0.4) is 0 Å². The number of nitrogens with one attached hydrogen (secondary N) is 1. The number of urea groups is 1. The molecule has 2 heterocycles. The Balaban J connectivity index is 1.52. The predicted octanol–water partition coefficient (Wildman–Crippen LogP) is 1.06. The third-order valence-corrected chi connectivity index (χ3v) is 4.93. The van der Waals surface area contributed by atoms with Crippen molar-refractivity contribution in [3.05, 3.63) is 29.8 Å². The molecule has 0 aliphatic carbocycles. The second kappa shape index (κ2) is 9.21. The first-order valence-corrected chi connectivity index (χ1v) is 9.42. The van der Waals surface area contributed by atoms with Crippen molar-refractivity contribution in [3.63, 3.8) is 0 Å². The van der Waals surface area contributed by atoms with Crippen LogP contribution >= 0.6 is 0 Å². The maximum atomic E-state index is 12.5. The van der Waals surface area contributed by atoms with E-state index in [4.69, 9.17) is 9.47 Å². The van der Waals surface area contributed by atoms with Gasteiger partial charge in [0.15, 0.2) is 0 Å². The number of likely N-dealkylation sites (tertiary alicyclic amines) is 1. The standard InChI is InChI=1S/C19H29N3O4/c1-2-9-26-18-6-4-3-5-15(18)12-20-19(24)22-13-16(17(23)14-22)21-7-10-25-11-8-21/h3-6,16-17,23H,2,7-14H2,1H3,(H,20,24)/t16-,17-/m0/s1. The molecule has 0 spiro atoms. The number of aliphatic hydroxyl groups is 1. The summed E-state index contributed by atoms with van der Waals surface area (Å²) >= 11 is 0. The van der Waals surface area contributed by atoms with Gasteiger partial charge in [-0.2, -0.15) is 0 Å². The molecule has 2 fully saturated rings. The Morgan fingerprint density at radius 2 is 2.08 bits per heavy atom. The van der Waals surface area contributed by atoms with Gasteiger partial charge in [-0.15, -0.1) is 0 Å². The van der Waals surface area contributed by atoms with E-state index in [2.05, 4.69) is 17.1 Å². The number of amides is 2. The minimum Gasteiger partial charge on any atom is -0.493 e. The lowest BCUT2D eigenvalue weighted by atomic mass is 10.2. The number of aliphatic hydroxyl groups excluding tert-OH is 1. The largest absolute Gasteiger partial charge is 0.493 e. The summed E-state index contributed by atoms with van der Waals surface area (Å²) in [6.07, 6.45) is 0.425. The molecular formula is C19H29N3O4. The second-order valence-corrected chi connectivity index (χ2v) is 6.80. The summed E-state index contributed by atoms with van der Waals surface area (Å²) in [6.45, 7) is 7.02. The Kier molecular flexibility index (Phi) is 6.71. The predicted molar refractivity (Wildman–Crippen MR) is 98.2 cm³/mol. The molecule has 7 nitrogen and oxygen atoms in total. The lowest BCUT2D eigenvalue weighted by Gasteiger charge is -2.33. The molecule has 0 bridgehead atoms. The van der Waals surface area contributed by atoms with Crippen LogP contribution in [0.4, 0.5) is 4.79 Å². The van der Waals surface area contributed by atoms with Crippen LogP contribution in [0.1, 0.15) is 18.9 Å². The van der Waals surface area contributed by atoms with Crippen LogP contribution in [0, 0.1) is 0 Å². The summed E-state index contributed by atoms with van der Waals surface area (Å²) in [4.78, 5) is 16.4. The quantitative estimate of drug-likeness (QED) is 0.791. The highest BCUT2D eigenvalue weighted by atomic mass is 16.5. The molecule has 1 aromatic rings. The Hall–Kier alpha value is -1.83. The number of hydrogen-bond acceptors (Lipinski definition) is 5. The van der Waals surface area contributed by atoms with E-state index in [0.717, 1.165) is 30.8 Å². The van der Waals surface area contributed by atoms with Crippen LogP contribution in [-0.4, -0.2) is 79.1 Å². The van der Waals surface area contributed by atoms with Crippen molar-refractivity contribution >= 4 is 6.03 Å². The van der Waals surface area contributed by atoms with Crippen LogP contribution < -0.4 is 10.1 Å². The average molecular weight is 363 g/mol. The van der Waals surface area contributed by atoms with Crippen molar-refractivity contribution in [1.82, 2.24) is 15.1 Å². The number of benzene rings is 1. The van der Waals surface area contributed by atoms with E-state index in [1.165, 1.54) is 0 Å². The monoisotopic (exact) mass is 363 g/mol. The summed E-state index contributed by atoms with van der Waals surface area (Å²) in [7, 11) is 0. The highest BCUT2D eigenvalue weighted by Gasteiger charge is 2.38. The summed E-state index contributed by atoms with van der Waals surface area (Å²) in [5.74, 6) is 0.808. The number of ether oxygens (including phenoxy) is 2. The SMILES string of the molecule is CCCOc1ccccc1CNC(=O)N1C[C@H](O)[C@@H](N2CCOCC2)C1. The molecule has 2 N–H and O–H groups in total. The van der Waals surface area contributed by atoms with E-state index in [0.29, 0.717) is 39.5 Å². The number of carbonyl (C=O) groups is 1. The summed E-state index contributed by atoms with van der Waals surface area (Å²) in [5, 5.41) is 13.3. The molecule has 0 unspecified atom stereocenters. The fraction of sp³-hybridized carbons (Fsp3) is 0.632. The normalized spacial score (nSPS) is 23.8. The maximum Gasteiger partial charge on any atom is 0.317 e. The number of carbonyl (C=O) groups excluding carboxylic acids is 1. The van der Waals surface area contributed by atoms with E-state index >= 15 is 0 Å². The van der Waals surface area contributed by atoms with Gasteiger partial charge in [-0.05, 0) is 12.5 Å². The van der Waals surface area contributed by atoms with E-state index in [9.17, 15) is 9.90 Å². The minimum absolute atomic E-state index is 0.00942. The van der Waals surface area contributed by atoms with Crippen LogP contribution in [0.5, 0.6) is 5.75 Å². The number of para-hydroxylation sites is 1. The topological polar surface area (TPSA) is 74.3 Å². The zero-order valence-electron chi connectivity index (χ0n) is 15.4. The molecule has 3 rings (SSSR count). The van der Waals surface area contributed by atoms with Crippen LogP contribution in [0.15, 0.2) is 24.3 Å². The van der Waals surface area contributed by atoms with Crippen molar-refractivity contribution in [2.75, 3.05) is 46.0 Å². The first-order chi connectivity index (χ1) is 12.7. The molecule has 7 heteroatoms. The minimum atomic E-state index is -0.515. The van der Waals surface area contributed by atoms with Crippen LogP contribution in [0.2, 0.25) is 0 Å². The zero-order valence-corrected chi connectivity index (χ0v) is 15.4. The molecule has 2 aliphatic heterocycles. The molecule has 26 heavy (non-hydrogen) atoms. The van der Waals surface area contributed by atoms with Crippen molar-refractivity contribution in [3.8, 4) is 5.75 Å². The molecule has 2 saturated heterocycles. The van der Waals surface area contributed by atoms with Gasteiger partial charge in [0.25, 0.3) is 0 Å². The number of rotatable bonds is 6. The molecule has 0 radical (unpaired) electrons. The van der Waals surface area contributed by atoms with Crippen molar-refractivity contribution in [2.24, 2.45) is 0 Å². The van der Waals surface area contributed by atoms with Gasteiger partial charge in [-0.25, -0.2) is 4.79 Å². The molecule has 2 atom stereocenters. The van der Waals surface area contributed by atoms with E-state index < -0.39 is 6.10 Å². The highest BCUT2D eigenvalue weighted by Crippen LogP contribution is 2.20. The first kappa shape index (κ1) is 18.9. The van der Waals surface area contributed by atoms with Crippen LogP contribution in [0.25, 0.3) is 0 Å². The molecule has 0 saturated carbocycles. The molecular weight excluding hydrogens is 334 g/mol. The van der Waals surface area contributed by atoms with Crippen molar-refractivity contribution < 1.29 is 19.4 Å². The number of morpholine rings is 1. The van der Waals surface area contributed by atoms with Crippen LogP contribution in [-0.2, 0) is 11.3 Å². The third-order valence-electron chi connectivity index (χ3n) is 4.93. The zero-order chi connectivity index (χ0) is 18.4. The van der Waals surface area contributed by atoms with Gasteiger partial charge in [0.1, 0.15) is 5.75 Å².